The van der Waals surface area contributed by atoms with E-state index < -0.39 is 0 Å². The van der Waals surface area contributed by atoms with Gasteiger partial charge in [-0.2, -0.15) is 0 Å². The number of hydrogen-bond donors (Lipinski definition) is 1. The van der Waals surface area contributed by atoms with Crippen molar-refractivity contribution in [2.75, 3.05) is 26.7 Å². The topological polar surface area (TPSA) is 6.48 Å². The molecule has 3 atom stereocenters. The molecule has 13 heavy (non-hydrogen) atoms. The van der Waals surface area contributed by atoms with Crippen molar-refractivity contribution in [2.24, 2.45) is 5.92 Å². The molecule has 0 bridgehead atoms. The van der Waals surface area contributed by atoms with Gasteiger partial charge in [0.25, 0.3) is 0 Å². The van der Waals surface area contributed by atoms with Gasteiger partial charge in [0, 0.05) is 19.1 Å². The van der Waals surface area contributed by atoms with Crippen molar-refractivity contribution in [3.05, 3.63) is 0 Å². The summed E-state index contributed by atoms with van der Waals surface area (Å²) in [7, 11) is 3.91. The minimum absolute atomic E-state index is 0.574. The van der Waals surface area contributed by atoms with E-state index in [0.717, 1.165) is 12.0 Å². The predicted molar refractivity (Wildman–Crippen MR) is 62.1 cm³/mol. The summed E-state index contributed by atoms with van der Waals surface area (Å²) in [5.41, 5.74) is 0. The maximum atomic E-state index is 4.30. The number of fused-ring (bicyclic) bond motifs is 1. The van der Waals surface area contributed by atoms with Gasteiger partial charge in [-0.1, -0.05) is 10.8 Å². The Hall–Kier alpha value is 0.620. The lowest BCUT2D eigenvalue weighted by molar-refractivity contribution is 0.230. The van der Waals surface area contributed by atoms with Gasteiger partial charge in [-0.15, -0.1) is 11.7 Å². The fraction of sp³-hybridized carbons (Fsp3) is 1.00. The average Bonchev–Trinajstić information content (AvgIpc) is 2.61. The highest BCUT2D eigenvalue weighted by Gasteiger charge is 2.41. The summed E-state index contributed by atoms with van der Waals surface area (Å²) in [6.07, 6.45) is 1.38. The van der Waals surface area contributed by atoms with Crippen molar-refractivity contribution in [1.29, 1.82) is 0 Å². The molecular formula is C9H18N2S2. The zero-order valence-corrected chi connectivity index (χ0v) is 10.0. The van der Waals surface area contributed by atoms with Gasteiger partial charge in [-0.05, 0) is 32.9 Å². The summed E-state index contributed by atoms with van der Waals surface area (Å²) in [6, 6.07) is 0.805. The second kappa shape index (κ2) is 4.01. The van der Waals surface area contributed by atoms with Gasteiger partial charge in [0.2, 0.25) is 0 Å². The van der Waals surface area contributed by atoms with Crippen LogP contribution in [0.25, 0.3) is 0 Å². The van der Waals surface area contributed by atoms with Gasteiger partial charge >= 0.3 is 0 Å². The molecule has 2 rings (SSSR count). The Balaban J connectivity index is 2.00. The van der Waals surface area contributed by atoms with Crippen LogP contribution < -0.4 is 0 Å². The largest absolute Gasteiger partial charge is 0.304 e. The van der Waals surface area contributed by atoms with Crippen LogP contribution in [0.3, 0.4) is 0 Å². The highest BCUT2D eigenvalue weighted by molar-refractivity contribution is 8.68. The standard InChI is InChI=1S/C9H18N2S2/c1-7(13-12)11-4-3-8-5-10(2)6-9(8)11/h7-9,12H,3-6H2,1-2H3/t7?,8-,9-/m1/s1. The fourth-order valence-corrected chi connectivity index (χ4v) is 3.46. The van der Waals surface area contributed by atoms with Crippen molar-refractivity contribution in [1.82, 2.24) is 9.80 Å². The molecule has 0 radical (unpaired) electrons. The first-order chi connectivity index (χ1) is 6.22. The number of thiol groups is 1. The molecule has 0 aromatic heterocycles. The third kappa shape index (κ3) is 1.87. The van der Waals surface area contributed by atoms with Crippen LogP contribution in [0.1, 0.15) is 13.3 Å². The van der Waals surface area contributed by atoms with Gasteiger partial charge in [0.05, 0.1) is 5.37 Å². The van der Waals surface area contributed by atoms with Crippen molar-refractivity contribution in [3.63, 3.8) is 0 Å². The van der Waals surface area contributed by atoms with E-state index in [1.54, 1.807) is 10.8 Å². The van der Waals surface area contributed by atoms with Crippen LogP contribution in [0, 0.1) is 5.92 Å². The molecule has 0 aromatic carbocycles. The van der Waals surface area contributed by atoms with Crippen LogP contribution in [-0.4, -0.2) is 47.9 Å². The van der Waals surface area contributed by atoms with Crippen molar-refractivity contribution < 1.29 is 0 Å². The second-order valence-electron chi connectivity index (χ2n) is 4.28. The number of nitrogens with zero attached hydrogens (tertiary/aromatic N) is 2. The summed E-state index contributed by atoms with van der Waals surface area (Å²) in [5, 5.41) is 0.574. The number of likely N-dealkylation sites (tertiary alicyclic amines) is 2. The Kier molecular flexibility index (Phi) is 3.13. The van der Waals surface area contributed by atoms with E-state index in [9.17, 15) is 0 Å². The van der Waals surface area contributed by atoms with E-state index in [2.05, 4.69) is 35.4 Å². The lowest BCUT2D eigenvalue weighted by Gasteiger charge is -2.28. The maximum Gasteiger partial charge on any atom is 0.0633 e. The summed E-state index contributed by atoms with van der Waals surface area (Å²) in [6.45, 7) is 6.09. The van der Waals surface area contributed by atoms with E-state index >= 15 is 0 Å². The van der Waals surface area contributed by atoms with Gasteiger partial charge < -0.3 is 4.90 Å². The third-order valence-electron chi connectivity index (χ3n) is 3.39. The minimum atomic E-state index is 0.574. The van der Waals surface area contributed by atoms with Crippen LogP contribution in [0.4, 0.5) is 0 Å². The van der Waals surface area contributed by atoms with Crippen LogP contribution in [0.5, 0.6) is 0 Å². The molecule has 0 amide bonds. The first kappa shape index (κ1) is 10.1. The normalized spacial score (nSPS) is 38.1. The van der Waals surface area contributed by atoms with Crippen LogP contribution in [-0.2, 0) is 0 Å². The number of hydrogen-bond acceptors (Lipinski definition) is 4. The summed E-state index contributed by atoms with van der Waals surface area (Å²) >= 11 is 4.30. The molecule has 2 fully saturated rings. The van der Waals surface area contributed by atoms with E-state index in [4.69, 9.17) is 0 Å². The zero-order valence-electron chi connectivity index (χ0n) is 8.31. The van der Waals surface area contributed by atoms with Gasteiger partial charge in [0.15, 0.2) is 0 Å². The Morgan fingerprint density at radius 2 is 2.23 bits per heavy atom. The Morgan fingerprint density at radius 3 is 2.92 bits per heavy atom. The van der Waals surface area contributed by atoms with Crippen LogP contribution >= 0.6 is 22.5 Å². The molecule has 4 heteroatoms. The van der Waals surface area contributed by atoms with Gasteiger partial charge in [0.1, 0.15) is 0 Å². The first-order valence-electron chi connectivity index (χ1n) is 4.97. The smallest absolute Gasteiger partial charge is 0.0633 e. The van der Waals surface area contributed by atoms with Gasteiger partial charge in [-0.25, -0.2) is 0 Å². The highest BCUT2D eigenvalue weighted by atomic mass is 33.1. The molecule has 2 nitrogen and oxygen atoms in total. The first-order valence-corrected chi connectivity index (χ1v) is 6.90. The van der Waals surface area contributed by atoms with Crippen molar-refractivity contribution in [2.45, 2.75) is 24.8 Å². The average molecular weight is 218 g/mol. The third-order valence-corrected chi connectivity index (χ3v) is 4.88. The van der Waals surface area contributed by atoms with Crippen LogP contribution in [0.15, 0.2) is 0 Å². The second-order valence-corrected chi connectivity index (χ2v) is 5.81. The molecule has 2 heterocycles. The molecule has 0 N–H and O–H groups in total. The summed E-state index contributed by atoms with van der Waals surface area (Å²) in [4.78, 5) is 5.07. The Bertz CT molecular complexity index is 188. The van der Waals surface area contributed by atoms with Crippen molar-refractivity contribution in [3.8, 4) is 0 Å². The predicted octanol–water partition coefficient (Wildman–Crippen LogP) is 1.55. The Labute approximate surface area is 89.8 Å². The quantitative estimate of drug-likeness (QED) is 0.555. The monoisotopic (exact) mass is 218 g/mol. The molecule has 0 spiro atoms. The SMILES string of the molecule is CC(SS)N1CC[C@@H]2CN(C)C[C@H]21. The maximum absolute atomic E-state index is 4.30. The summed E-state index contributed by atoms with van der Waals surface area (Å²) in [5.74, 6) is 0.924. The molecule has 2 aliphatic rings. The zero-order chi connectivity index (χ0) is 9.42. The molecule has 2 aliphatic heterocycles. The van der Waals surface area contributed by atoms with Crippen molar-refractivity contribution >= 4 is 22.5 Å². The van der Waals surface area contributed by atoms with E-state index in [-0.39, 0.29) is 0 Å². The van der Waals surface area contributed by atoms with E-state index in [0.29, 0.717) is 5.37 Å². The fourth-order valence-electron chi connectivity index (χ4n) is 2.72. The molecule has 1 unspecified atom stereocenters. The molecule has 76 valence electrons. The molecule has 2 saturated heterocycles. The van der Waals surface area contributed by atoms with Gasteiger partial charge in [-0.3, -0.25) is 4.90 Å². The highest BCUT2D eigenvalue weighted by Crippen LogP contribution is 2.35. The van der Waals surface area contributed by atoms with Crippen LogP contribution in [0.2, 0.25) is 0 Å². The summed E-state index contributed by atoms with van der Waals surface area (Å²) < 4.78 is 0. The van der Waals surface area contributed by atoms with E-state index in [1.165, 1.54) is 26.1 Å². The molecule has 0 aromatic rings. The van der Waals surface area contributed by atoms with E-state index in [1.807, 2.05) is 0 Å². The lowest BCUT2D eigenvalue weighted by Crippen LogP contribution is -2.38. The minimum Gasteiger partial charge on any atom is -0.304 e. The number of likely N-dealkylation sites (N-methyl/N-ethyl adjacent to an activating group) is 1. The molecule has 0 saturated carbocycles. The Morgan fingerprint density at radius 1 is 1.46 bits per heavy atom. The number of rotatable bonds is 2. The lowest BCUT2D eigenvalue weighted by atomic mass is 10.1. The molecular weight excluding hydrogens is 200 g/mol. The molecule has 0 aliphatic carbocycles.